The zero-order valence-corrected chi connectivity index (χ0v) is 13.4. The Labute approximate surface area is 132 Å². The molecular formula is C18H26N2O2. The van der Waals surface area contributed by atoms with Crippen molar-refractivity contribution in [3.8, 4) is 11.5 Å². The topological polar surface area (TPSA) is 33.7 Å². The summed E-state index contributed by atoms with van der Waals surface area (Å²) >= 11 is 0. The van der Waals surface area contributed by atoms with Crippen LogP contribution in [0.15, 0.2) is 12.1 Å². The third-order valence-electron chi connectivity index (χ3n) is 5.42. The smallest absolute Gasteiger partial charge is 0.231 e. The highest BCUT2D eigenvalue weighted by atomic mass is 16.7. The molecule has 1 aliphatic carbocycles. The van der Waals surface area contributed by atoms with Gasteiger partial charge in [0.1, 0.15) is 0 Å². The normalized spacial score (nSPS) is 24.0. The highest BCUT2D eigenvalue weighted by molar-refractivity contribution is 5.77. The molecule has 4 rings (SSSR count). The Morgan fingerprint density at radius 1 is 1.14 bits per heavy atom. The zero-order chi connectivity index (χ0) is 14.9. The molecule has 2 heterocycles. The van der Waals surface area contributed by atoms with E-state index in [-0.39, 0.29) is 0 Å². The average molecular weight is 302 g/mol. The number of hydrogen-bond acceptors (Lipinski definition) is 4. The van der Waals surface area contributed by atoms with E-state index in [1.807, 2.05) is 0 Å². The number of benzene rings is 1. The van der Waals surface area contributed by atoms with Gasteiger partial charge in [-0.1, -0.05) is 26.2 Å². The van der Waals surface area contributed by atoms with Crippen LogP contribution in [-0.4, -0.2) is 25.9 Å². The lowest BCUT2D eigenvalue weighted by Gasteiger charge is -2.41. The molecule has 2 aliphatic heterocycles. The third kappa shape index (κ3) is 2.49. The van der Waals surface area contributed by atoms with E-state index in [2.05, 4.69) is 29.3 Å². The summed E-state index contributed by atoms with van der Waals surface area (Å²) in [5.41, 5.74) is 2.50. The quantitative estimate of drug-likeness (QED) is 0.915. The second kappa shape index (κ2) is 5.90. The lowest BCUT2D eigenvalue weighted by atomic mass is 9.88. The molecule has 0 saturated heterocycles. The molecule has 1 fully saturated rings. The molecule has 4 nitrogen and oxygen atoms in total. The zero-order valence-electron chi connectivity index (χ0n) is 13.4. The number of anilines is 2. The van der Waals surface area contributed by atoms with Crippen LogP contribution >= 0.6 is 0 Å². The molecule has 0 spiro atoms. The van der Waals surface area contributed by atoms with Crippen molar-refractivity contribution in [2.75, 3.05) is 30.1 Å². The van der Waals surface area contributed by atoms with Crippen LogP contribution in [0, 0.1) is 5.92 Å². The van der Waals surface area contributed by atoms with Crippen molar-refractivity contribution < 1.29 is 9.47 Å². The lowest BCUT2D eigenvalue weighted by Crippen LogP contribution is -2.46. The SMILES string of the molecule is CCC1CNc2cc3c(cc2N1CC1CCCCC1)OCO3. The molecular weight excluding hydrogens is 276 g/mol. The molecule has 1 aromatic rings. The number of ether oxygens (including phenoxy) is 2. The Bertz CT molecular complexity index is 540. The molecule has 1 saturated carbocycles. The fraction of sp³-hybridized carbons (Fsp3) is 0.667. The van der Waals surface area contributed by atoms with Gasteiger partial charge in [0.25, 0.3) is 0 Å². The van der Waals surface area contributed by atoms with Crippen LogP contribution in [0.1, 0.15) is 45.4 Å². The lowest BCUT2D eigenvalue weighted by molar-refractivity contribution is 0.174. The summed E-state index contributed by atoms with van der Waals surface area (Å²) in [7, 11) is 0. The van der Waals surface area contributed by atoms with E-state index in [1.54, 1.807) is 0 Å². The Hall–Kier alpha value is -1.58. The molecule has 0 radical (unpaired) electrons. The minimum atomic E-state index is 0.345. The maximum atomic E-state index is 5.60. The number of nitrogens with one attached hydrogen (secondary N) is 1. The molecule has 4 heteroatoms. The molecule has 1 unspecified atom stereocenters. The first-order valence-corrected chi connectivity index (χ1v) is 8.79. The molecule has 1 N–H and O–H groups in total. The third-order valence-corrected chi connectivity index (χ3v) is 5.42. The van der Waals surface area contributed by atoms with Gasteiger partial charge in [0, 0.05) is 31.3 Å². The fourth-order valence-electron chi connectivity index (χ4n) is 4.11. The van der Waals surface area contributed by atoms with Gasteiger partial charge in [-0.05, 0) is 25.2 Å². The van der Waals surface area contributed by atoms with Crippen molar-refractivity contribution in [1.82, 2.24) is 0 Å². The first kappa shape index (κ1) is 14.0. The molecule has 1 atom stereocenters. The monoisotopic (exact) mass is 302 g/mol. The summed E-state index contributed by atoms with van der Waals surface area (Å²) in [5, 5.41) is 3.58. The summed E-state index contributed by atoms with van der Waals surface area (Å²) in [6.45, 7) is 4.85. The first-order valence-electron chi connectivity index (χ1n) is 8.79. The van der Waals surface area contributed by atoms with E-state index in [1.165, 1.54) is 56.4 Å². The number of fused-ring (bicyclic) bond motifs is 2. The largest absolute Gasteiger partial charge is 0.454 e. The van der Waals surface area contributed by atoms with Crippen LogP contribution in [0.25, 0.3) is 0 Å². The van der Waals surface area contributed by atoms with Crippen LogP contribution in [0.4, 0.5) is 11.4 Å². The molecule has 0 bridgehead atoms. The Kier molecular flexibility index (Phi) is 3.77. The van der Waals surface area contributed by atoms with Gasteiger partial charge in [0.05, 0.1) is 11.4 Å². The van der Waals surface area contributed by atoms with E-state index < -0.39 is 0 Å². The maximum absolute atomic E-state index is 5.60. The van der Waals surface area contributed by atoms with Gasteiger partial charge >= 0.3 is 0 Å². The fourth-order valence-corrected chi connectivity index (χ4v) is 4.11. The molecule has 1 aromatic carbocycles. The predicted octanol–water partition coefficient (Wildman–Crippen LogP) is 4.01. The van der Waals surface area contributed by atoms with Crippen molar-refractivity contribution in [3.05, 3.63) is 12.1 Å². The Balaban J connectivity index is 1.63. The number of hydrogen-bond donors (Lipinski definition) is 1. The Morgan fingerprint density at radius 2 is 1.91 bits per heavy atom. The first-order chi connectivity index (χ1) is 10.8. The van der Waals surface area contributed by atoms with E-state index in [4.69, 9.17) is 9.47 Å². The Morgan fingerprint density at radius 3 is 2.68 bits per heavy atom. The minimum Gasteiger partial charge on any atom is -0.454 e. The van der Waals surface area contributed by atoms with Gasteiger partial charge in [-0.3, -0.25) is 0 Å². The summed E-state index contributed by atoms with van der Waals surface area (Å²) in [5.74, 6) is 2.61. The van der Waals surface area contributed by atoms with Crippen molar-refractivity contribution in [3.63, 3.8) is 0 Å². The van der Waals surface area contributed by atoms with Crippen LogP contribution in [0.5, 0.6) is 11.5 Å². The molecule has 0 amide bonds. The molecule has 0 aromatic heterocycles. The summed E-state index contributed by atoms with van der Waals surface area (Å²) in [4.78, 5) is 2.63. The number of nitrogens with zero attached hydrogens (tertiary/aromatic N) is 1. The van der Waals surface area contributed by atoms with Crippen molar-refractivity contribution >= 4 is 11.4 Å². The van der Waals surface area contributed by atoms with Crippen molar-refractivity contribution in [2.24, 2.45) is 5.92 Å². The highest BCUT2D eigenvalue weighted by Gasteiger charge is 2.30. The predicted molar refractivity (Wildman–Crippen MR) is 89.1 cm³/mol. The number of rotatable bonds is 3. The standard InChI is InChI=1S/C18H26N2O2/c1-2-14-10-19-15-8-17-18(22-12-21-17)9-16(15)20(14)11-13-6-4-3-5-7-13/h8-9,13-14,19H,2-7,10-12H2,1H3. The highest BCUT2D eigenvalue weighted by Crippen LogP contribution is 2.44. The minimum absolute atomic E-state index is 0.345. The van der Waals surface area contributed by atoms with Gasteiger partial charge in [-0.2, -0.15) is 0 Å². The maximum Gasteiger partial charge on any atom is 0.231 e. The van der Waals surface area contributed by atoms with Crippen LogP contribution in [0.2, 0.25) is 0 Å². The van der Waals surface area contributed by atoms with Crippen LogP contribution in [-0.2, 0) is 0 Å². The van der Waals surface area contributed by atoms with Crippen LogP contribution < -0.4 is 19.7 Å². The summed E-state index contributed by atoms with van der Waals surface area (Å²) < 4.78 is 11.1. The van der Waals surface area contributed by atoms with Gasteiger partial charge in [-0.15, -0.1) is 0 Å². The molecule has 3 aliphatic rings. The van der Waals surface area contributed by atoms with Crippen molar-refractivity contribution in [2.45, 2.75) is 51.5 Å². The van der Waals surface area contributed by atoms with E-state index in [0.717, 1.165) is 24.0 Å². The van der Waals surface area contributed by atoms with E-state index in [9.17, 15) is 0 Å². The average Bonchev–Trinajstić information content (AvgIpc) is 3.01. The van der Waals surface area contributed by atoms with Gasteiger partial charge in [0.2, 0.25) is 6.79 Å². The van der Waals surface area contributed by atoms with Gasteiger partial charge in [0.15, 0.2) is 11.5 Å². The van der Waals surface area contributed by atoms with E-state index >= 15 is 0 Å². The van der Waals surface area contributed by atoms with Gasteiger partial charge < -0.3 is 19.7 Å². The molecule has 120 valence electrons. The van der Waals surface area contributed by atoms with Crippen molar-refractivity contribution in [1.29, 1.82) is 0 Å². The summed E-state index contributed by atoms with van der Waals surface area (Å²) in [6.07, 6.45) is 8.18. The van der Waals surface area contributed by atoms with Crippen LogP contribution in [0.3, 0.4) is 0 Å². The second-order valence-corrected chi connectivity index (χ2v) is 6.82. The van der Waals surface area contributed by atoms with E-state index in [0.29, 0.717) is 12.8 Å². The summed E-state index contributed by atoms with van der Waals surface area (Å²) in [6, 6.07) is 4.86. The molecule has 22 heavy (non-hydrogen) atoms. The van der Waals surface area contributed by atoms with Gasteiger partial charge in [-0.25, -0.2) is 0 Å². The second-order valence-electron chi connectivity index (χ2n) is 6.82.